The highest BCUT2D eigenvalue weighted by atomic mass is 16.5. The minimum absolute atomic E-state index is 0.179. The Morgan fingerprint density at radius 3 is 1.57 bits per heavy atom. The van der Waals surface area contributed by atoms with E-state index in [9.17, 15) is 0 Å². The normalized spacial score (nSPS) is 14.8. The molecule has 0 atom stereocenters. The van der Waals surface area contributed by atoms with E-state index in [0.29, 0.717) is 6.61 Å². The predicted octanol–water partition coefficient (Wildman–Crippen LogP) is 6.08. The summed E-state index contributed by atoms with van der Waals surface area (Å²) in [5.74, 6) is 3.95. The zero-order valence-electron chi connectivity index (χ0n) is 16.0. The first-order valence-corrected chi connectivity index (χ1v) is 9.56. The molecule has 0 aromatic heterocycles. The van der Waals surface area contributed by atoms with Crippen LogP contribution in [-0.4, -0.2) is 19.8 Å². The molecule has 4 rings (SSSR count). The first-order valence-electron chi connectivity index (χ1n) is 9.56. The molecule has 0 aliphatic carbocycles. The van der Waals surface area contributed by atoms with Gasteiger partial charge in [-0.3, -0.25) is 0 Å². The van der Waals surface area contributed by atoms with Crippen LogP contribution in [0, 0.1) is 5.41 Å². The molecule has 0 unspecified atom stereocenters. The molecule has 0 saturated carbocycles. The van der Waals surface area contributed by atoms with Gasteiger partial charge in [-0.05, 0) is 67.1 Å². The van der Waals surface area contributed by atoms with Gasteiger partial charge in [0.25, 0.3) is 0 Å². The van der Waals surface area contributed by atoms with Gasteiger partial charge < -0.3 is 18.9 Å². The van der Waals surface area contributed by atoms with Gasteiger partial charge in [0.1, 0.15) is 28.7 Å². The van der Waals surface area contributed by atoms with E-state index in [1.54, 1.807) is 0 Å². The lowest BCUT2D eigenvalue weighted by Gasteiger charge is -2.40. The van der Waals surface area contributed by atoms with E-state index in [4.69, 9.17) is 18.9 Å². The maximum atomic E-state index is 5.93. The highest BCUT2D eigenvalue weighted by molar-refractivity contribution is 5.39. The smallest absolute Gasteiger partial charge is 0.127 e. The lowest BCUT2D eigenvalue weighted by Crippen LogP contribution is -2.46. The summed E-state index contributed by atoms with van der Waals surface area (Å²) in [6, 6.07) is 25.0. The van der Waals surface area contributed by atoms with E-state index in [0.717, 1.165) is 48.4 Å². The summed E-state index contributed by atoms with van der Waals surface area (Å²) in [6.07, 6.45) is 1.07. The van der Waals surface area contributed by atoms with Crippen LogP contribution in [0.1, 0.15) is 13.3 Å². The summed E-state index contributed by atoms with van der Waals surface area (Å²) in [5.41, 5.74) is 0.179. The van der Waals surface area contributed by atoms with Gasteiger partial charge in [0.05, 0.1) is 25.2 Å². The fourth-order valence-electron chi connectivity index (χ4n) is 2.96. The van der Waals surface area contributed by atoms with E-state index in [-0.39, 0.29) is 5.41 Å². The van der Waals surface area contributed by atoms with Crippen LogP contribution >= 0.6 is 0 Å². The largest absolute Gasteiger partial charge is 0.493 e. The molecular formula is C24H24O4. The van der Waals surface area contributed by atoms with Crippen LogP contribution in [-0.2, 0) is 4.74 Å². The highest BCUT2D eigenvalue weighted by Crippen LogP contribution is 2.32. The zero-order chi connectivity index (χ0) is 19.2. The minimum atomic E-state index is 0.179. The molecule has 0 bridgehead atoms. The van der Waals surface area contributed by atoms with Crippen molar-refractivity contribution < 1.29 is 18.9 Å². The number of benzene rings is 3. The topological polar surface area (TPSA) is 36.9 Å². The van der Waals surface area contributed by atoms with Gasteiger partial charge in [-0.25, -0.2) is 0 Å². The summed E-state index contributed by atoms with van der Waals surface area (Å²) in [4.78, 5) is 0. The van der Waals surface area contributed by atoms with Crippen molar-refractivity contribution in [2.24, 2.45) is 5.41 Å². The van der Waals surface area contributed by atoms with Crippen molar-refractivity contribution in [1.29, 1.82) is 0 Å². The first-order chi connectivity index (χ1) is 13.7. The molecular weight excluding hydrogens is 352 g/mol. The Morgan fingerprint density at radius 1 is 0.679 bits per heavy atom. The van der Waals surface area contributed by atoms with E-state index in [2.05, 4.69) is 6.92 Å². The van der Waals surface area contributed by atoms with Crippen molar-refractivity contribution in [3.8, 4) is 28.7 Å². The average molecular weight is 376 g/mol. The van der Waals surface area contributed by atoms with Crippen molar-refractivity contribution in [3.05, 3.63) is 78.9 Å². The molecule has 3 aromatic rings. The summed E-state index contributed by atoms with van der Waals surface area (Å²) >= 11 is 0. The quantitative estimate of drug-likeness (QED) is 0.478. The Bertz CT molecular complexity index is 863. The molecule has 3 aromatic carbocycles. The third-order valence-corrected chi connectivity index (χ3v) is 4.97. The minimum Gasteiger partial charge on any atom is -0.493 e. The fraction of sp³-hybridized carbons (Fsp3) is 0.250. The molecule has 4 nitrogen and oxygen atoms in total. The van der Waals surface area contributed by atoms with Gasteiger partial charge in [-0.2, -0.15) is 0 Å². The Morgan fingerprint density at radius 2 is 1.14 bits per heavy atom. The lowest BCUT2D eigenvalue weighted by atomic mass is 9.84. The predicted molar refractivity (Wildman–Crippen MR) is 109 cm³/mol. The van der Waals surface area contributed by atoms with Crippen LogP contribution in [0.15, 0.2) is 78.9 Å². The van der Waals surface area contributed by atoms with Gasteiger partial charge >= 0.3 is 0 Å². The molecule has 4 heteroatoms. The van der Waals surface area contributed by atoms with E-state index in [1.807, 2.05) is 78.9 Å². The maximum Gasteiger partial charge on any atom is 0.127 e. The van der Waals surface area contributed by atoms with Gasteiger partial charge in [0.2, 0.25) is 0 Å². The Kier molecular flexibility index (Phi) is 5.49. The van der Waals surface area contributed by atoms with Crippen molar-refractivity contribution in [2.45, 2.75) is 13.3 Å². The standard InChI is InChI=1S/C24H24O4/c1-2-24(16-25-17-24)18-26-19-8-10-21(11-9-19)28-23-14-12-22(13-15-23)27-20-6-4-3-5-7-20/h3-15H,2,16-18H2,1H3. The van der Waals surface area contributed by atoms with E-state index in [1.165, 1.54) is 0 Å². The zero-order valence-corrected chi connectivity index (χ0v) is 16.0. The first kappa shape index (κ1) is 18.4. The van der Waals surface area contributed by atoms with Crippen LogP contribution in [0.2, 0.25) is 0 Å². The summed E-state index contributed by atoms with van der Waals surface area (Å²) in [6.45, 7) is 4.44. The Labute approximate surface area is 165 Å². The van der Waals surface area contributed by atoms with Crippen LogP contribution in [0.3, 0.4) is 0 Å². The average Bonchev–Trinajstić information content (AvgIpc) is 2.71. The SMILES string of the molecule is CCC1(COc2ccc(Oc3ccc(Oc4ccccc4)cc3)cc2)COC1. The number of hydrogen-bond donors (Lipinski definition) is 0. The van der Waals surface area contributed by atoms with Gasteiger partial charge in [-0.15, -0.1) is 0 Å². The molecule has 1 aliphatic heterocycles. The second-order valence-corrected chi connectivity index (χ2v) is 7.10. The fourth-order valence-corrected chi connectivity index (χ4v) is 2.96. The van der Waals surface area contributed by atoms with Gasteiger partial charge in [-0.1, -0.05) is 25.1 Å². The molecule has 1 heterocycles. The molecule has 1 saturated heterocycles. The van der Waals surface area contributed by atoms with Gasteiger partial charge in [0.15, 0.2) is 0 Å². The van der Waals surface area contributed by atoms with Crippen LogP contribution < -0.4 is 14.2 Å². The number of hydrogen-bond acceptors (Lipinski definition) is 4. The van der Waals surface area contributed by atoms with Crippen molar-refractivity contribution in [3.63, 3.8) is 0 Å². The van der Waals surface area contributed by atoms with Crippen molar-refractivity contribution >= 4 is 0 Å². The molecule has 0 amide bonds. The van der Waals surface area contributed by atoms with Crippen LogP contribution in [0.5, 0.6) is 28.7 Å². The molecule has 144 valence electrons. The third-order valence-electron chi connectivity index (χ3n) is 4.97. The second kappa shape index (κ2) is 8.36. The molecule has 1 aliphatic rings. The van der Waals surface area contributed by atoms with E-state index >= 15 is 0 Å². The summed E-state index contributed by atoms with van der Waals surface area (Å²) in [5, 5.41) is 0. The highest BCUT2D eigenvalue weighted by Gasteiger charge is 2.37. The molecule has 28 heavy (non-hydrogen) atoms. The Balaban J connectivity index is 1.31. The monoisotopic (exact) mass is 376 g/mol. The van der Waals surface area contributed by atoms with Crippen LogP contribution in [0.25, 0.3) is 0 Å². The number of rotatable bonds is 8. The molecule has 1 fully saturated rings. The van der Waals surface area contributed by atoms with Crippen LogP contribution in [0.4, 0.5) is 0 Å². The van der Waals surface area contributed by atoms with Crippen molar-refractivity contribution in [2.75, 3.05) is 19.8 Å². The lowest BCUT2D eigenvalue weighted by molar-refractivity contribution is -0.133. The van der Waals surface area contributed by atoms with Gasteiger partial charge in [0, 0.05) is 0 Å². The number of para-hydroxylation sites is 1. The summed E-state index contributed by atoms with van der Waals surface area (Å²) in [7, 11) is 0. The molecule has 0 spiro atoms. The Hall–Kier alpha value is -2.98. The van der Waals surface area contributed by atoms with Crippen molar-refractivity contribution in [1.82, 2.24) is 0 Å². The molecule has 0 radical (unpaired) electrons. The summed E-state index contributed by atoms with van der Waals surface area (Å²) < 4.78 is 23.0. The maximum absolute atomic E-state index is 5.93. The third kappa shape index (κ3) is 4.46. The van der Waals surface area contributed by atoms with E-state index < -0.39 is 0 Å². The molecule has 0 N–H and O–H groups in total. The second-order valence-electron chi connectivity index (χ2n) is 7.10. The number of ether oxygens (including phenoxy) is 4.